The van der Waals surface area contributed by atoms with Gasteiger partial charge in [-0.15, -0.1) is 11.8 Å². The fourth-order valence-corrected chi connectivity index (χ4v) is 3.53. The lowest BCUT2D eigenvalue weighted by Crippen LogP contribution is -2.52. The molecule has 0 bridgehead atoms. The van der Waals surface area contributed by atoms with Crippen LogP contribution in [0.5, 0.6) is 0 Å². The Morgan fingerprint density at radius 3 is 2.65 bits per heavy atom. The zero-order valence-electron chi connectivity index (χ0n) is 10.1. The molecule has 0 spiro atoms. The number of rotatable bonds is 2. The van der Waals surface area contributed by atoms with Crippen molar-refractivity contribution in [3.63, 3.8) is 0 Å². The summed E-state index contributed by atoms with van der Waals surface area (Å²) in [7, 11) is 0. The normalized spacial score (nSPS) is 35.2. The molecule has 2 fully saturated rings. The molecule has 1 saturated heterocycles. The zero-order valence-corrected chi connectivity index (χ0v) is 11.0. The van der Waals surface area contributed by atoms with E-state index in [2.05, 4.69) is 6.92 Å². The molecule has 2 atom stereocenters. The summed E-state index contributed by atoms with van der Waals surface area (Å²) < 4.78 is 0. The summed E-state index contributed by atoms with van der Waals surface area (Å²) in [6.45, 7) is 2.30. The van der Waals surface area contributed by atoms with Gasteiger partial charge in [-0.1, -0.05) is 19.8 Å². The van der Waals surface area contributed by atoms with Crippen molar-refractivity contribution in [2.75, 3.05) is 18.1 Å². The minimum atomic E-state index is -0.856. The Morgan fingerprint density at radius 1 is 1.41 bits per heavy atom. The van der Waals surface area contributed by atoms with Crippen molar-refractivity contribution < 1.29 is 14.7 Å². The Bertz CT molecular complexity index is 318. The van der Waals surface area contributed by atoms with Gasteiger partial charge in [0.2, 0.25) is 11.8 Å². The Labute approximate surface area is 106 Å². The van der Waals surface area contributed by atoms with Crippen molar-refractivity contribution in [1.82, 2.24) is 4.90 Å². The fraction of sp³-hybridized carbons (Fsp3) is 0.833. The van der Waals surface area contributed by atoms with Crippen LogP contribution < -0.4 is 0 Å². The predicted molar refractivity (Wildman–Crippen MR) is 66.6 cm³/mol. The molecule has 1 aliphatic heterocycles. The smallest absolute Gasteiger partial charge is 0.239 e. The summed E-state index contributed by atoms with van der Waals surface area (Å²) in [6, 6.07) is 0. The second kappa shape index (κ2) is 4.98. The second-order valence-electron chi connectivity index (χ2n) is 5.29. The number of thioether (sulfide) groups is 1. The molecule has 0 aromatic carbocycles. The summed E-state index contributed by atoms with van der Waals surface area (Å²) in [5.74, 6) is 0.878. The van der Waals surface area contributed by atoms with Crippen molar-refractivity contribution in [2.45, 2.75) is 38.2 Å². The predicted octanol–water partition coefficient (Wildman–Crippen LogP) is 1.03. The molecule has 2 aliphatic rings. The summed E-state index contributed by atoms with van der Waals surface area (Å²) in [5, 5.41) is 10.5. The molecule has 0 radical (unpaired) electrons. The molecule has 0 aromatic heterocycles. The highest BCUT2D eigenvalue weighted by Gasteiger charge is 2.38. The lowest BCUT2D eigenvalue weighted by Gasteiger charge is -2.39. The Morgan fingerprint density at radius 2 is 2.06 bits per heavy atom. The molecule has 1 N–H and O–H groups in total. The molecule has 2 rings (SSSR count). The second-order valence-corrected chi connectivity index (χ2v) is 6.28. The molecule has 17 heavy (non-hydrogen) atoms. The highest BCUT2D eigenvalue weighted by molar-refractivity contribution is 8.00. The fourth-order valence-electron chi connectivity index (χ4n) is 2.77. The lowest BCUT2D eigenvalue weighted by atomic mass is 9.78. The first-order valence-electron chi connectivity index (χ1n) is 6.13. The van der Waals surface area contributed by atoms with Crippen molar-refractivity contribution in [3.8, 4) is 0 Å². The van der Waals surface area contributed by atoms with Gasteiger partial charge in [0.25, 0.3) is 0 Å². The number of β-amino-alcohol motifs (C(OH)–C–C–N with tert-alkyl or cyclic N) is 1. The van der Waals surface area contributed by atoms with Gasteiger partial charge in [0.15, 0.2) is 0 Å². The highest BCUT2D eigenvalue weighted by Crippen LogP contribution is 2.33. The molecule has 1 saturated carbocycles. The molecule has 1 aliphatic carbocycles. The number of nitrogens with zero attached hydrogens (tertiary/aromatic N) is 1. The molecule has 2 amide bonds. The van der Waals surface area contributed by atoms with Crippen LogP contribution in [-0.4, -0.2) is 45.5 Å². The third-order valence-electron chi connectivity index (χ3n) is 3.57. The van der Waals surface area contributed by atoms with Gasteiger partial charge in [-0.2, -0.15) is 0 Å². The van der Waals surface area contributed by atoms with Crippen LogP contribution in [-0.2, 0) is 9.59 Å². The monoisotopic (exact) mass is 257 g/mol. The van der Waals surface area contributed by atoms with Crippen molar-refractivity contribution >= 4 is 23.6 Å². The molecule has 96 valence electrons. The molecule has 1 heterocycles. The number of amides is 2. The van der Waals surface area contributed by atoms with Gasteiger partial charge in [0.05, 0.1) is 23.7 Å². The molecular weight excluding hydrogens is 238 g/mol. The minimum absolute atomic E-state index is 0.155. The first-order chi connectivity index (χ1) is 8.00. The quantitative estimate of drug-likeness (QED) is 0.751. The minimum Gasteiger partial charge on any atom is -0.388 e. The SMILES string of the molecule is CC1CCCC(O)(CN2C(=O)CSCC2=O)C1. The number of hydrogen-bond donors (Lipinski definition) is 1. The molecule has 4 nitrogen and oxygen atoms in total. The van der Waals surface area contributed by atoms with Crippen LogP contribution in [0.4, 0.5) is 0 Å². The van der Waals surface area contributed by atoms with Crippen molar-refractivity contribution in [2.24, 2.45) is 5.92 Å². The van der Waals surface area contributed by atoms with Crippen LogP contribution >= 0.6 is 11.8 Å². The maximum absolute atomic E-state index is 11.7. The molecule has 2 unspecified atom stereocenters. The number of carbonyl (C=O) groups is 2. The van der Waals surface area contributed by atoms with Crippen molar-refractivity contribution in [3.05, 3.63) is 0 Å². The number of hydrogen-bond acceptors (Lipinski definition) is 4. The van der Waals surface area contributed by atoms with E-state index >= 15 is 0 Å². The third-order valence-corrected chi connectivity index (χ3v) is 4.48. The highest BCUT2D eigenvalue weighted by atomic mass is 32.2. The van der Waals surface area contributed by atoms with Crippen LogP contribution in [0.1, 0.15) is 32.6 Å². The summed E-state index contributed by atoms with van der Waals surface area (Å²) in [6.07, 6.45) is 3.49. The van der Waals surface area contributed by atoms with E-state index in [0.29, 0.717) is 30.3 Å². The van der Waals surface area contributed by atoms with E-state index in [1.165, 1.54) is 16.7 Å². The van der Waals surface area contributed by atoms with E-state index in [4.69, 9.17) is 0 Å². The van der Waals surface area contributed by atoms with Gasteiger partial charge in [0.1, 0.15) is 0 Å². The topological polar surface area (TPSA) is 57.6 Å². The van der Waals surface area contributed by atoms with E-state index in [9.17, 15) is 14.7 Å². The van der Waals surface area contributed by atoms with Crippen LogP contribution in [0, 0.1) is 5.92 Å². The lowest BCUT2D eigenvalue weighted by molar-refractivity contribution is -0.148. The Kier molecular flexibility index (Phi) is 3.78. The summed E-state index contributed by atoms with van der Waals surface area (Å²) in [4.78, 5) is 24.6. The Balaban J connectivity index is 2.03. The van der Waals surface area contributed by atoms with E-state index in [-0.39, 0.29) is 18.4 Å². The van der Waals surface area contributed by atoms with Crippen LogP contribution in [0.25, 0.3) is 0 Å². The van der Waals surface area contributed by atoms with E-state index in [1.807, 2.05) is 0 Å². The average molecular weight is 257 g/mol. The van der Waals surface area contributed by atoms with Gasteiger partial charge in [-0.25, -0.2) is 0 Å². The number of carbonyl (C=O) groups excluding carboxylic acids is 2. The third kappa shape index (κ3) is 3.01. The molecular formula is C12H19NO3S. The van der Waals surface area contributed by atoms with Crippen LogP contribution in [0.15, 0.2) is 0 Å². The average Bonchev–Trinajstić information content (AvgIpc) is 2.23. The standard InChI is InChI=1S/C12H19NO3S/c1-9-3-2-4-12(16,5-9)8-13-10(14)6-17-7-11(13)15/h9,16H,2-8H2,1H3. The van der Waals surface area contributed by atoms with Gasteiger partial charge < -0.3 is 5.11 Å². The maximum Gasteiger partial charge on any atom is 0.239 e. The maximum atomic E-state index is 11.7. The van der Waals surface area contributed by atoms with Gasteiger partial charge >= 0.3 is 0 Å². The van der Waals surface area contributed by atoms with Crippen molar-refractivity contribution in [1.29, 1.82) is 0 Å². The number of aliphatic hydroxyl groups is 1. The largest absolute Gasteiger partial charge is 0.388 e. The number of imide groups is 1. The van der Waals surface area contributed by atoms with Crippen LogP contribution in [0.2, 0.25) is 0 Å². The molecule has 0 aromatic rings. The van der Waals surface area contributed by atoms with E-state index in [1.54, 1.807) is 0 Å². The summed E-state index contributed by atoms with van der Waals surface area (Å²) >= 11 is 1.35. The first kappa shape index (κ1) is 12.9. The van der Waals surface area contributed by atoms with Gasteiger partial charge in [-0.3, -0.25) is 14.5 Å². The zero-order chi connectivity index (χ0) is 12.5. The molecule has 5 heteroatoms. The van der Waals surface area contributed by atoms with E-state index < -0.39 is 5.60 Å². The van der Waals surface area contributed by atoms with Gasteiger partial charge in [-0.05, 0) is 18.8 Å². The Hall–Kier alpha value is -0.550. The first-order valence-corrected chi connectivity index (χ1v) is 7.29. The van der Waals surface area contributed by atoms with Crippen LogP contribution in [0.3, 0.4) is 0 Å². The van der Waals surface area contributed by atoms with E-state index in [0.717, 1.165) is 12.8 Å². The van der Waals surface area contributed by atoms with Gasteiger partial charge in [0, 0.05) is 0 Å². The summed E-state index contributed by atoms with van der Waals surface area (Å²) in [5.41, 5.74) is -0.856.